The molecule has 158 valence electrons. The van der Waals surface area contributed by atoms with Gasteiger partial charge in [-0.05, 0) is 49.2 Å². The highest BCUT2D eigenvalue weighted by Gasteiger charge is 2.13. The van der Waals surface area contributed by atoms with Crippen molar-refractivity contribution in [2.24, 2.45) is 0 Å². The van der Waals surface area contributed by atoms with Gasteiger partial charge in [-0.25, -0.2) is 14.0 Å². The zero-order chi connectivity index (χ0) is 22.3. The van der Waals surface area contributed by atoms with Gasteiger partial charge in [0.2, 0.25) is 6.29 Å². The fourth-order valence-corrected chi connectivity index (χ4v) is 2.27. The Labute approximate surface area is 174 Å². The van der Waals surface area contributed by atoms with Crippen LogP contribution in [0.1, 0.15) is 20.3 Å². The van der Waals surface area contributed by atoms with Crippen LogP contribution in [0.3, 0.4) is 0 Å². The van der Waals surface area contributed by atoms with Crippen molar-refractivity contribution >= 4 is 11.9 Å². The highest BCUT2D eigenvalue weighted by atomic mass is 19.1. The van der Waals surface area contributed by atoms with E-state index in [0.717, 1.165) is 0 Å². The average molecular weight is 414 g/mol. The summed E-state index contributed by atoms with van der Waals surface area (Å²) in [5.74, 6) is -1.54. The third-order valence-corrected chi connectivity index (χ3v) is 3.89. The first kappa shape index (κ1) is 22.8. The van der Waals surface area contributed by atoms with E-state index in [9.17, 15) is 19.1 Å². The lowest BCUT2D eigenvalue weighted by atomic mass is 10.1. The van der Waals surface area contributed by atoms with Gasteiger partial charge in [-0.1, -0.05) is 31.4 Å². The van der Waals surface area contributed by atoms with E-state index in [-0.39, 0.29) is 29.9 Å². The molecule has 6 nitrogen and oxygen atoms in total. The predicted octanol–water partition coefficient (Wildman–Crippen LogP) is 4.18. The number of carbonyl (C=O) groups excluding carboxylic acids is 2. The van der Waals surface area contributed by atoms with Gasteiger partial charge in [-0.3, -0.25) is 0 Å². The Morgan fingerprint density at radius 3 is 2.17 bits per heavy atom. The number of benzene rings is 2. The maximum absolute atomic E-state index is 14.4. The van der Waals surface area contributed by atoms with Gasteiger partial charge in [0, 0.05) is 17.6 Å². The van der Waals surface area contributed by atoms with E-state index < -0.39 is 24.0 Å². The molecule has 1 N–H and O–H groups in total. The van der Waals surface area contributed by atoms with Crippen LogP contribution in [0, 0.1) is 5.82 Å². The van der Waals surface area contributed by atoms with E-state index in [4.69, 9.17) is 14.2 Å². The minimum atomic E-state index is -1.34. The molecule has 0 fully saturated rings. The fraction of sp³-hybridized carbons (Fsp3) is 0.217. The van der Waals surface area contributed by atoms with Gasteiger partial charge in [-0.2, -0.15) is 0 Å². The zero-order valence-corrected chi connectivity index (χ0v) is 16.8. The Bertz CT molecular complexity index is 949. The summed E-state index contributed by atoms with van der Waals surface area (Å²) in [5, 5.41) is 9.86. The van der Waals surface area contributed by atoms with E-state index in [1.54, 1.807) is 37.3 Å². The number of carbonyl (C=O) groups is 2. The number of hydrogen-bond donors (Lipinski definition) is 1. The summed E-state index contributed by atoms with van der Waals surface area (Å²) in [6.45, 7) is 9.93. The number of ether oxygens (including phenoxy) is 3. The summed E-state index contributed by atoms with van der Waals surface area (Å²) in [6.07, 6.45) is -1.37. The normalized spacial score (nSPS) is 11.3. The largest absolute Gasteiger partial charge is 0.462 e. The second-order valence-corrected chi connectivity index (χ2v) is 6.62. The van der Waals surface area contributed by atoms with Crippen LogP contribution >= 0.6 is 0 Å². The van der Waals surface area contributed by atoms with Crippen molar-refractivity contribution in [1.29, 1.82) is 0 Å². The highest BCUT2D eigenvalue weighted by molar-refractivity contribution is 5.88. The number of rotatable bonds is 9. The second-order valence-electron chi connectivity index (χ2n) is 6.62. The molecule has 0 saturated heterocycles. The Hall–Kier alpha value is -3.45. The minimum absolute atomic E-state index is 0.0232. The lowest BCUT2D eigenvalue weighted by Crippen LogP contribution is -2.20. The molecular formula is C23H23FO6. The Morgan fingerprint density at radius 2 is 1.60 bits per heavy atom. The van der Waals surface area contributed by atoms with E-state index in [0.29, 0.717) is 16.9 Å². The van der Waals surface area contributed by atoms with Crippen LogP contribution in [0.15, 0.2) is 66.8 Å². The Kier molecular flexibility index (Phi) is 7.89. The molecule has 0 aromatic heterocycles. The SMILES string of the molecule is C=C(C)C(=O)OCCC(O)Oc1ccc(-c2ccc(OC(=O)C(=C)C)cc2)cc1F. The smallest absolute Gasteiger partial charge is 0.338 e. The molecule has 0 saturated carbocycles. The molecule has 2 aromatic rings. The number of esters is 2. The van der Waals surface area contributed by atoms with Gasteiger partial charge in [0.25, 0.3) is 0 Å². The predicted molar refractivity (Wildman–Crippen MR) is 109 cm³/mol. The molecule has 30 heavy (non-hydrogen) atoms. The van der Waals surface area contributed by atoms with Crippen molar-refractivity contribution in [3.05, 3.63) is 72.6 Å². The lowest BCUT2D eigenvalue weighted by molar-refractivity contribution is -0.141. The van der Waals surface area contributed by atoms with E-state index in [1.165, 1.54) is 19.1 Å². The van der Waals surface area contributed by atoms with Crippen LogP contribution < -0.4 is 9.47 Å². The summed E-state index contributed by atoms with van der Waals surface area (Å²) in [7, 11) is 0. The third-order valence-electron chi connectivity index (χ3n) is 3.89. The summed E-state index contributed by atoms with van der Waals surface area (Å²) in [4.78, 5) is 22.8. The molecule has 0 amide bonds. The van der Waals surface area contributed by atoms with Crippen LogP contribution in [0.2, 0.25) is 0 Å². The molecule has 2 aromatic carbocycles. The van der Waals surface area contributed by atoms with Gasteiger partial charge < -0.3 is 19.3 Å². The maximum atomic E-state index is 14.4. The molecule has 1 unspecified atom stereocenters. The maximum Gasteiger partial charge on any atom is 0.338 e. The van der Waals surface area contributed by atoms with Crippen molar-refractivity contribution in [3.8, 4) is 22.6 Å². The van der Waals surface area contributed by atoms with Crippen LogP contribution in [-0.4, -0.2) is 29.9 Å². The molecule has 0 heterocycles. The lowest BCUT2D eigenvalue weighted by Gasteiger charge is -2.15. The monoisotopic (exact) mass is 414 g/mol. The van der Waals surface area contributed by atoms with E-state index in [1.807, 2.05) is 0 Å². The molecule has 7 heteroatoms. The van der Waals surface area contributed by atoms with Crippen LogP contribution in [0.4, 0.5) is 4.39 Å². The van der Waals surface area contributed by atoms with E-state index >= 15 is 0 Å². The van der Waals surface area contributed by atoms with Gasteiger partial charge in [-0.15, -0.1) is 0 Å². The van der Waals surface area contributed by atoms with Crippen molar-refractivity contribution in [2.75, 3.05) is 6.61 Å². The molecule has 0 spiro atoms. The van der Waals surface area contributed by atoms with Gasteiger partial charge >= 0.3 is 11.9 Å². The zero-order valence-electron chi connectivity index (χ0n) is 16.8. The number of hydrogen-bond acceptors (Lipinski definition) is 6. The van der Waals surface area contributed by atoms with Crippen LogP contribution in [0.25, 0.3) is 11.1 Å². The minimum Gasteiger partial charge on any atom is -0.462 e. The van der Waals surface area contributed by atoms with Gasteiger partial charge in [0.15, 0.2) is 11.6 Å². The van der Waals surface area contributed by atoms with E-state index in [2.05, 4.69) is 13.2 Å². The van der Waals surface area contributed by atoms with Crippen molar-refractivity contribution < 1.29 is 33.3 Å². The van der Waals surface area contributed by atoms with Crippen molar-refractivity contribution in [3.63, 3.8) is 0 Å². The first-order chi connectivity index (χ1) is 14.2. The first-order valence-electron chi connectivity index (χ1n) is 9.12. The summed E-state index contributed by atoms with van der Waals surface area (Å²) >= 11 is 0. The van der Waals surface area contributed by atoms with Crippen molar-refractivity contribution in [1.82, 2.24) is 0 Å². The number of aliphatic hydroxyl groups is 1. The molecule has 0 aliphatic carbocycles. The quantitative estimate of drug-likeness (QED) is 0.287. The summed E-state index contributed by atoms with van der Waals surface area (Å²) < 4.78 is 29.5. The molecule has 0 radical (unpaired) electrons. The Morgan fingerprint density at radius 1 is 1.00 bits per heavy atom. The molecule has 0 aliphatic heterocycles. The standard InChI is InChI=1S/C23H23FO6/c1-14(2)22(26)28-12-11-21(25)30-20-10-7-17(13-19(20)24)16-5-8-18(9-6-16)29-23(27)15(3)4/h5-10,13,21,25H,1,3,11-12H2,2,4H3. The first-order valence-corrected chi connectivity index (χ1v) is 9.12. The average Bonchev–Trinajstić information content (AvgIpc) is 2.69. The molecule has 1 atom stereocenters. The van der Waals surface area contributed by atoms with Gasteiger partial charge in [0.05, 0.1) is 6.61 Å². The second kappa shape index (κ2) is 10.4. The number of aliphatic hydroxyl groups excluding tert-OH is 1. The highest BCUT2D eigenvalue weighted by Crippen LogP contribution is 2.28. The fourth-order valence-electron chi connectivity index (χ4n) is 2.27. The number of halogens is 1. The molecular weight excluding hydrogens is 391 g/mol. The summed E-state index contributed by atoms with van der Waals surface area (Å²) in [6, 6.07) is 10.8. The summed E-state index contributed by atoms with van der Waals surface area (Å²) in [5.41, 5.74) is 1.80. The molecule has 0 aliphatic rings. The van der Waals surface area contributed by atoms with Gasteiger partial charge in [0.1, 0.15) is 5.75 Å². The molecule has 2 rings (SSSR count). The Balaban J connectivity index is 1.97. The molecule has 0 bridgehead atoms. The van der Waals surface area contributed by atoms with Crippen LogP contribution in [-0.2, 0) is 14.3 Å². The third kappa shape index (κ3) is 6.56. The van der Waals surface area contributed by atoms with Crippen LogP contribution in [0.5, 0.6) is 11.5 Å². The topological polar surface area (TPSA) is 82.1 Å². The van der Waals surface area contributed by atoms with Crippen molar-refractivity contribution in [2.45, 2.75) is 26.6 Å².